The summed E-state index contributed by atoms with van der Waals surface area (Å²) in [4.78, 5) is 26.1. The fraction of sp³-hybridized carbons (Fsp3) is 0.154. The summed E-state index contributed by atoms with van der Waals surface area (Å²) >= 11 is 12.4. The lowest BCUT2D eigenvalue weighted by atomic mass is 9.92. The molecule has 0 saturated carbocycles. The van der Waals surface area contributed by atoms with E-state index in [4.69, 9.17) is 37.9 Å². The minimum absolute atomic E-state index is 0.0462. The Morgan fingerprint density at radius 2 is 1.35 bits per heavy atom. The fourth-order valence-corrected chi connectivity index (χ4v) is 5.55. The molecule has 0 fully saturated rings. The minimum Gasteiger partial charge on any atom is -0.423 e. The van der Waals surface area contributed by atoms with E-state index in [0.717, 1.165) is 28.7 Å². The predicted octanol–water partition coefficient (Wildman–Crippen LogP) is 10.8. The van der Waals surface area contributed by atoms with Crippen molar-refractivity contribution in [2.24, 2.45) is 0 Å². The Morgan fingerprint density at radius 1 is 0.674 bits per heavy atom. The van der Waals surface area contributed by atoms with Gasteiger partial charge in [0.2, 0.25) is 0 Å². The summed E-state index contributed by atoms with van der Waals surface area (Å²) in [7, 11) is 0. The molecule has 5 aromatic rings. The number of carbonyl (C=O) groups is 2. The zero-order valence-electron chi connectivity index (χ0n) is 25.3. The lowest BCUT2D eigenvalue weighted by molar-refractivity contribution is 0.0730. The van der Waals surface area contributed by atoms with E-state index >= 15 is 0 Å². The first-order chi connectivity index (χ1) is 22.4. The molecule has 0 spiro atoms. The molecule has 0 saturated heterocycles. The maximum atomic E-state index is 13.3. The number of rotatable bonds is 11. The number of ether oxygens (including phenoxy) is 2. The molecule has 0 amide bonds. The van der Waals surface area contributed by atoms with Crippen LogP contribution in [-0.4, -0.2) is 11.9 Å². The number of carbonyl (C=O) groups excluding carboxylic acids is 2. The van der Waals surface area contributed by atoms with Crippen molar-refractivity contribution in [2.75, 3.05) is 0 Å². The zero-order chi connectivity index (χ0) is 32.5. The molecule has 230 valence electrons. The van der Waals surface area contributed by atoms with Crippen LogP contribution in [0.4, 0.5) is 0 Å². The number of unbranched alkanes of at least 4 members (excludes halogenated alkanes) is 3. The van der Waals surface area contributed by atoms with Gasteiger partial charge >= 0.3 is 11.9 Å². The van der Waals surface area contributed by atoms with Crippen molar-refractivity contribution in [3.8, 4) is 39.8 Å². The zero-order valence-corrected chi connectivity index (χ0v) is 26.8. The molecule has 5 nitrogen and oxygen atoms in total. The van der Waals surface area contributed by atoms with E-state index in [9.17, 15) is 9.59 Å². The molecule has 0 aliphatic carbocycles. The van der Waals surface area contributed by atoms with Crippen molar-refractivity contribution < 1.29 is 19.1 Å². The van der Waals surface area contributed by atoms with Crippen molar-refractivity contribution in [1.29, 1.82) is 5.26 Å². The van der Waals surface area contributed by atoms with Crippen LogP contribution in [0.5, 0.6) is 11.5 Å². The smallest absolute Gasteiger partial charge is 0.345 e. The van der Waals surface area contributed by atoms with E-state index < -0.39 is 11.9 Å². The predicted molar refractivity (Wildman–Crippen MR) is 183 cm³/mol. The van der Waals surface area contributed by atoms with Gasteiger partial charge in [0.25, 0.3) is 0 Å². The summed E-state index contributed by atoms with van der Waals surface area (Å²) in [6, 6.07) is 34.6. The molecular formula is C39H31Cl2NO4. The van der Waals surface area contributed by atoms with Gasteiger partial charge in [-0.15, -0.1) is 0 Å². The van der Waals surface area contributed by atoms with Crippen LogP contribution in [0.1, 0.15) is 64.4 Å². The van der Waals surface area contributed by atoms with Gasteiger partial charge in [-0.05, 0) is 77.1 Å². The van der Waals surface area contributed by atoms with Gasteiger partial charge in [0.05, 0.1) is 26.7 Å². The Bertz CT molecular complexity index is 1900. The quantitative estimate of drug-likeness (QED) is 0.0809. The van der Waals surface area contributed by atoms with Crippen molar-refractivity contribution >= 4 is 35.1 Å². The van der Waals surface area contributed by atoms with E-state index in [1.807, 2.05) is 48.5 Å². The molecule has 0 atom stereocenters. The van der Waals surface area contributed by atoms with E-state index in [2.05, 4.69) is 31.2 Å². The average molecular weight is 649 g/mol. The van der Waals surface area contributed by atoms with Gasteiger partial charge in [0, 0.05) is 12.1 Å². The van der Waals surface area contributed by atoms with Gasteiger partial charge in [0.1, 0.15) is 17.6 Å². The monoisotopic (exact) mass is 647 g/mol. The van der Waals surface area contributed by atoms with Crippen LogP contribution >= 0.6 is 23.2 Å². The second-order valence-electron chi connectivity index (χ2n) is 10.8. The maximum absolute atomic E-state index is 13.3. The van der Waals surface area contributed by atoms with Crippen molar-refractivity contribution in [2.45, 2.75) is 39.0 Å². The molecule has 46 heavy (non-hydrogen) atoms. The molecule has 0 unspecified atom stereocenters. The molecule has 0 N–H and O–H groups in total. The van der Waals surface area contributed by atoms with Gasteiger partial charge in [-0.1, -0.05) is 110 Å². The summed E-state index contributed by atoms with van der Waals surface area (Å²) in [5.74, 6) is -0.949. The Hall–Kier alpha value is -4.89. The lowest BCUT2D eigenvalue weighted by Gasteiger charge is -2.14. The second kappa shape index (κ2) is 15.4. The Kier molecular flexibility index (Phi) is 10.9. The molecule has 0 bridgehead atoms. The van der Waals surface area contributed by atoms with Crippen LogP contribution in [0.3, 0.4) is 0 Å². The highest BCUT2D eigenvalue weighted by Crippen LogP contribution is 2.34. The maximum Gasteiger partial charge on any atom is 0.345 e. The van der Waals surface area contributed by atoms with Crippen LogP contribution in [0, 0.1) is 11.3 Å². The summed E-state index contributed by atoms with van der Waals surface area (Å²) < 4.78 is 11.0. The molecule has 5 rings (SSSR count). The molecule has 0 aliphatic rings. The van der Waals surface area contributed by atoms with E-state index in [1.165, 1.54) is 67.6 Å². The van der Waals surface area contributed by atoms with E-state index in [0.29, 0.717) is 5.56 Å². The topological polar surface area (TPSA) is 76.4 Å². The molecule has 0 aliphatic heterocycles. The molecular weight excluding hydrogens is 617 g/mol. The first-order valence-corrected chi connectivity index (χ1v) is 15.8. The molecule has 7 heteroatoms. The van der Waals surface area contributed by atoms with Gasteiger partial charge in [0.15, 0.2) is 0 Å². The minimum atomic E-state index is -0.725. The van der Waals surface area contributed by atoms with Gasteiger partial charge in [-0.2, -0.15) is 5.26 Å². The highest BCUT2D eigenvalue weighted by atomic mass is 35.5. The van der Waals surface area contributed by atoms with Crippen molar-refractivity contribution in [3.05, 3.63) is 141 Å². The van der Waals surface area contributed by atoms with Gasteiger partial charge in [-0.25, -0.2) is 9.59 Å². The van der Waals surface area contributed by atoms with E-state index in [-0.39, 0.29) is 32.7 Å². The summed E-state index contributed by atoms with van der Waals surface area (Å²) in [6.07, 6.45) is 5.90. The highest BCUT2D eigenvalue weighted by molar-refractivity contribution is 6.34. The number of esters is 2. The average Bonchev–Trinajstić information content (AvgIpc) is 3.07. The normalized spacial score (nSPS) is 10.7. The first-order valence-electron chi connectivity index (χ1n) is 15.1. The third-order valence-corrected chi connectivity index (χ3v) is 8.19. The third-order valence-electron chi connectivity index (χ3n) is 7.57. The molecule has 0 radical (unpaired) electrons. The van der Waals surface area contributed by atoms with E-state index in [1.54, 1.807) is 6.07 Å². The van der Waals surface area contributed by atoms with Crippen LogP contribution in [0.2, 0.25) is 10.0 Å². The van der Waals surface area contributed by atoms with Crippen LogP contribution < -0.4 is 9.47 Å². The van der Waals surface area contributed by atoms with Crippen LogP contribution in [0.15, 0.2) is 109 Å². The Balaban J connectivity index is 1.34. The van der Waals surface area contributed by atoms with Gasteiger partial charge in [-0.3, -0.25) is 0 Å². The second-order valence-corrected chi connectivity index (χ2v) is 11.6. The summed E-state index contributed by atoms with van der Waals surface area (Å²) in [5, 5.41) is 9.25. The largest absolute Gasteiger partial charge is 0.423 e. The number of hydrogen-bond acceptors (Lipinski definition) is 5. The molecule has 0 heterocycles. The number of nitrogens with zero attached hydrogens (tertiary/aromatic N) is 1. The first kappa shape index (κ1) is 32.5. The van der Waals surface area contributed by atoms with Crippen molar-refractivity contribution in [1.82, 2.24) is 0 Å². The third kappa shape index (κ3) is 8.03. The van der Waals surface area contributed by atoms with Crippen LogP contribution in [0.25, 0.3) is 22.3 Å². The molecule has 0 aromatic heterocycles. The number of aryl methyl sites for hydroxylation is 1. The Labute approximate surface area is 278 Å². The summed E-state index contributed by atoms with van der Waals surface area (Å²) in [6.45, 7) is 2.21. The lowest BCUT2D eigenvalue weighted by Crippen LogP contribution is -2.11. The highest BCUT2D eigenvalue weighted by Gasteiger charge is 2.18. The number of nitriles is 1. The van der Waals surface area contributed by atoms with Crippen LogP contribution in [-0.2, 0) is 6.42 Å². The van der Waals surface area contributed by atoms with Crippen molar-refractivity contribution in [3.63, 3.8) is 0 Å². The fourth-order valence-electron chi connectivity index (χ4n) is 5.09. The number of benzene rings is 5. The number of halogens is 2. The SMILES string of the molecule is CCCCCCc1ccc(-c2cc(C(=O)Oc3ccc(C(=O)Oc4ccc(C#N)c(Cl)c4)c(Cl)c3)ccc2-c2ccccc2)cc1. The standard InChI is InChI=1S/C39H31Cl2NO4/c1-2-3-4-6-9-26-12-14-28(15-13-26)35-22-29(17-20-33(35)27-10-7-5-8-11-27)38(43)45-32-19-21-34(37(41)24-32)39(44)46-31-18-16-30(25-42)36(40)23-31/h5,7-8,10-24H,2-4,6,9H2,1H3. The number of hydrogen-bond donors (Lipinski definition) is 0. The summed E-state index contributed by atoms with van der Waals surface area (Å²) in [5.41, 5.74) is 5.96. The molecule has 5 aromatic carbocycles. The Morgan fingerprint density at radius 3 is 2.02 bits per heavy atom. The van der Waals surface area contributed by atoms with Gasteiger partial charge < -0.3 is 9.47 Å².